The van der Waals surface area contributed by atoms with Crippen LogP contribution < -0.4 is 10.0 Å². The van der Waals surface area contributed by atoms with Crippen LogP contribution in [0, 0.1) is 6.92 Å². The average Bonchev–Trinajstić information content (AvgIpc) is 2.62. The third kappa shape index (κ3) is 4.54. The highest BCUT2D eigenvalue weighted by Crippen LogP contribution is 2.15. The molecule has 25 heavy (non-hydrogen) atoms. The zero-order chi connectivity index (χ0) is 17.7. The lowest BCUT2D eigenvalue weighted by Gasteiger charge is -2.09. The van der Waals surface area contributed by atoms with Gasteiger partial charge in [0.2, 0.25) is 0 Å². The SMILES string of the molecule is Cc1ccc(CNc2ccc(S(=O)(=O)Nc3ccccn3)cn2)cc1. The number of benzene rings is 1. The molecule has 0 bridgehead atoms. The maximum atomic E-state index is 12.3. The molecule has 0 saturated heterocycles. The largest absolute Gasteiger partial charge is 0.366 e. The summed E-state index contributed by atoms with van der Waals surface area (Å²) < 4.78 is 27.0. The summed E-state index contributed by atoms with van der Waals surface area (Å²) in [4.78, 5) is 8.20. The predicted octanol–water partition coefficient (Wildman–Crippen LogP) is 3.20. The molecule has 0 atom stereocenters. The molecule has 0 radical (unpaired) electrons. The smallest absolute Gasteiger partial charge is 0.264 e. The maximum absolute atomic E-state index is 12.3. The van der Waals surface area contributed by atoms with Crippen LogP contribution in [0.1, 0.15) is 11.1 Å². The highest BCUT2D eigenvalue weighted by Gasteiger charge is 2.15. The minimum absolute atomic E-state index is 0.0824. The van der Waals surface area contributed by atoms with Crippen LogP contribution in [0.25, 0.3) is 0 Å². The first-order chi connectivity index (χ1) is 12.0. The van der Waals surface area contributed by atoms with E-state index in [1.807, 2.05) is 31.2 Å². The quantitative estimate of drug-likeness (QED) is 0.710. The Morgan fingerprint density at radius 2 is 1.72 bits per heavy atom. The van der Waals surface area contributed by atoms with Crippen molar-refractivity contribution < 1.29 is 8.42 Å². The van der Waals surface area contributed by atoms with E-state index in [1.165, 1.54) is 24.0 Å². The number of rotatable bonds is 6. The Morgan fingerprint density at radius 3 is 2.36 bits per heavy atom. The Balaban J connectivity index is 1.66. The molecule has 7 heteroatoms. The van der Waals surface area contributed by atoms with Crippen molar-refractivity contribution in [3.63, 3.8) is 0 Å². The molecule has 1 aromatic carbocycles. The van der Waals surface area contributed by atoms with E-state index in [0.29, 0.717) is 12.4 Å². The van der Waals surface area contributed by atoms with E-state index >= 15 is 0 Å². The fourth-order valence-electron chi connectivity index (χ4n) is 2.16. The second-order valence-corrected chi connectivity index (χ2v) is 7.22. The molecule has 0 aliphatic rings. The van der Waals surface area contributed by atoms with Gasteiger partial charge in [0, 0.05) is 18.9 Å². The number of aromatic nitrogens is 2. The van der Waals surface area contributed by atoms with Gasteiger partial charge >= 0.3 is 0 Å². The summed E-state index contributed by atoms with van der Waals surface area (Å²) in [5, 5.41) is 3.17. The first kappa shape index (κ1) is 16.9. The Labute approximate surface area is 147 Å². The van der Waals surface area contributed by atoms with Crippen LogP contribution in [0.4, 0.5) is 11.6 Å². The van der Waals surface area contributed by atoms with Gasteiger partial charge in [-0.05, 0) is 36.8 Å². The van der Waals surface area contributed by atoms with Crippen molar-refractivity contribution in [2.75, 3.05) is 10.0 Å². The number of nitrogens with zero attached hydrogens (tertiary/aromatic N) is 2. The lowest BCUT2D eigenvalue weighted by molar-refractivity contribution is 0.600. The number of sulfonamides is 1. The third-order valence-corrected chi connectivity index (χ3v) is 4.88. The molecule has 0 saturated carbocycles. The summed E-state index contributed by atoms with van der Waals surface area (Å²) in [6.45, 7) is 2.66. The van der Waals surface area contributed by atoms with E-state index in [0.717, 1.165) is 5.56 Å². The average molecular weight is 354 g/mol. The van der Waals surface area contributed by atoms with Gasteiger partial charge in [0.05, 0.1) is 0 Å². The second kappa shape index (κ2) is 7.31. The number of aryl methyl sites for hydroxylation is 1. The molecule has 0 fully saturated rings. The Morgan fingerprint density at radius 1 is 0.920 bits per heavy atom. The molecule has 0 aliphatic heterocycles. The van der Waals surface area contributed by atoms with Crippen LogP contribution in [0.2, 0.25) is 0 Å². The molecule has 3 rings (SSSR count). The molecule has 3 aromatic rings. The van der Waals surface area contributed by atoms with Crippen molar-refractivity contribution in [2.45, 2.75) is 18.4 Å². The van der Waals surface area contributed by atoms with Crippen molar-refractivity contribution in [3.8, 4) is 0 Å². The van der Waals surface area contributed by atoms with E-state index in [-0.39, 0.29) is 10.7 Å². The van der Waals surface area contributed by atoms with Gasteiger partial charge in [-0.1, -0.05) is 35.9 Å². The van der Waals surface area contributed by atoms with Crippen molar-refractivity contribution in [1.29, 1.82) is 0 Å². The van der Waals surface area contributed by atoms with Gasteiger partial charge in [-0.2, -0.15) is 0 Å². The Bertz CT molecular complexity index is 925. The van der Waals surface area contributed by atoms with Crippen molar-refractivity contribution in [1.82, 2.24) is 9.97 Å². The van der Waals surface area contributed by atoms with Crippen LogP contribution in [-0.2, 0) is 16.6 Å². The lowest BCUT2D eigenvalue weighted by Crippen LogP contribution is -2.14. The maximum Gasteiger partial charge on any atom is 0.264 e. The molecule has 2 aromatic heterocycles. The minimum Gasteiger partial charge on any atom is -0.366 e. The minimum atomic E-state index is -3.70. The van der Waals surface area contributed by atoms with Gasteiger partial charge in [-0.15, -0.1) is 0 Å². The number of hydrogen-bond acceptors (Lipinski definition) is 5. The van der Waals surface area contributed by atoms with Crippen molar-refractivity contribution in [3.05, 3.63) is 78.1 Å². The third-order valence-electron chi connectivity index (χ3n) is 3.54. The highest BCUT2D eigenvalue weighted by atomic mass is 32.2. The topological polar surface area (TPSA) is 84.0 Å². The zero-order valence-corrected chi connectivity index (χ0v) is 14.5. The molecular weight excluding hydrogens is 336 g/mol. The van der Waals surface area contributed by atoms with Crippen molar-refractivity contribution >= 4 is 21.7 Å². The molecule has 0 aliphatic carbocycles. The summed E-state index contributed by atoms with van der Waals surface area (Å²) in [6.07, 6.45) is 2.84. The zero-order valence-electron chi connectivity index (χ0n) is 13.7. The van der Waals surface area contributed by atoms with Gasteiger partial charge < -0.3 is 5.32 Å². The molecule has 0 spiro atoms. The van der Waals surface area contributed by atoms with E-state index in [9.17, 15) is 8.42 Å². The lowest BCUT2D eigenvalue weighted by atomic mass is 10.1. The van der Waals surface area contributed by atoms with Crippen molar-refractivity contribution in [2.24, 2.45) is 0 Å². The van der Waals surface area contributed by atoms with Crippen LogP contribution in [0.15, 0.2) is 71.9 Å². The van der Waals surface area contributed by atoms with E-state index in [2.05, 4.69) is 20.0 Å². The standard InChI is InChI=1S/C18H18N4O2S/c1-14-5-7-15(8-6-14)12-20-17-10-9-16(13-21-17)25(23,24)22-18-4-2-3-11-19-18/h2-11,13H,12H2,1H3,(H,19,22)(H,20,21). The second-order valence-electron chi connectivity index (χ2n) is 5.54. The first-order valence-corrected chi connectivity index (χ1v) is 9.20. The van der Waals surface area contributed by atoms with Crippen LogP contribution in [0.5, 0.6) is 0 Å². The molecule has 2 N–H and O–H groups in total. The van der Waals surface area contributed by atoms with Crippen LogP contribution in [0.3, 0.4) is 0 Å². The van der Waals surface area contributed by atoms with Gasteiger partial charge in [-0.3, -0.25) is 4.72 Å². The van der Waals surface area contributed by atoms with Gasteiger partial charge in [-0.25, -0.2) is 18.4 Å². The summed E-state index contributed by atoms with van der Waals surface area (Å²) in [5.41, 5.74) is 2.33. The normalized spacial score (nSPS) is 11.1. The van der Waals surface area contributed by atoms with E-state index in [4.69, 9.17) is 0 Å². The van der Waals surface area contributed by atoms with E-state index in [1.54, 1.807) is 24.3 Å². The first-order valence-electron chi connectivity index (χ1n) is 7.72. The van der Waals surface area contributed by atoms with Crippen LogP contribution in [-0.4, -0.2) is 18.4 Å². The fraction of sp³-hybridized carbons (Fsp3) is 0.111. The Kier molecular flexibility index (Phi) is 4.95. The monoisotopic (exact) mass is 354 g/mol. The number of hydrogen-bond donors (Lipinski definition) is 2. The summed E-state index contributed by atoms with van der Waals surface area (Å²) >= 11 is 0. The molecule has 0 unspecified atom stereocenters. The van der Waals surface area contributed by atoms with E-state index < -0.39 is 10.0 Å². The summed E-state index contributed by atoms with van der Waals surface area (Å²) in [6, 6.07) is 16.3. The Hall–Kier alpha value is -2.93. The summed E-state index contributed by atoms with van der Waals surface area (Å²) in [5.74, 6) is 0.876. The molecule has 6 nitrogen and oxygen atoms in total. The van der Waals surface area contributed by atoms with Gasteiger partial charge in [0.25, 0.3) is 10.0 Å². The number of anilines is 2. The highest BCUT2D eigenvalue weighted by molar-refractivity contribution is 7.92. The number of nitrogens with one attached hydrogen (secondary N) is 2. The predicted molar refractivity (Wildman–Crippen MR) is 97.8 cm³/mol. The molecule has 128 valence electrons. The summed E-state index contributed by atoms with van der Waals surface area (Å²) in [7, 11) is -3.70. The molecule has 0 amide bonds. The van der Waals surface area contributed by atoms with Gasteiger partial charge in [0.15, 0.2) is 0 Å². The fourth-order valence-corrected chi connectivity index (χ4v) is 3.11. The molecule has 2 heterocycles. The number of pyridine rings is 2. The van der Waals surface area contributed by atoms with Crippen LogP contribution >= 0.6 is 0 Å². The van der Waals surface area contributed by atoms with Gasteiger partial charge in [0.1, 0.15) is 16.5 Å². The molecular formula is C18H18N4O2S.